The van der Waals surface area contributed by atoms with Crippen molar-refractivity contribution in [2.45, 2.75) is 59.2 Å². The lowest BCUT2D eigenvalue weighted by Gasteiger charge is -2.31. The summed E-state index contributed by atoms with van der Waals surface area (Å²) in [5, 5.41) is 7.88. The lowest BCUT2D eigenvalue weighted by atomic mass is 10.0. The fourth-order valence-corrected chi connectivity index (χ4v) is 3.36. The zero-order valence-electron chi connectivity index (χ0n) is 20.2. The van der Waals surface area contributed by atoms with Crippen molar-refractivity contribution >= 4 is 23.7 Å². The summed E-state index contributed by atoms with van der Waals surface area (Å²) in [6.07, 6.45) is 1.93. The first-order valence-electron chi connectivity index (χ1n) is 11.0. The second-order valence-electron chi connectivity index (χ2n) is 9.31. The van der Waals surface area contributed by atoms with Crippen LogP contribution in [0.4, 0.5) is 10.6 Å². The molecule has 2 aromatic rings. The Morgan fingerprint density at radius 3 is 2.62 bits per heavy atom. The van der Waals surface area contributed by atoms with Gasteiger partial charge in [0.1, 0.15) is 22.8 Å². The molecule has 0 bridgehead atoms. The number of hydrogen-bond donors (Lipinski definition) is 3. The van der Waals surface area contributed by atoms with Gasteiger partial charge in [-0.25, -0.2) is 15.6 Å². The van der Waals surface area contributed by atoms with Gasteiger partial charge in [0.25, 0.3) is 5.91 Å². The minimum absolute atomic E-state index is 0.0534. The van der Waals surface area contributed by atoms with E-state index in [0.717, 1.165) is 11.1 Å². The number of rotatable bonds is 4. The van der Waals surface area contributed by atoms with Crippen molar-refractivity contribution in [1.82, 2.24) is 19.9 Å². The van der Waals surface area contributed by atoms with Gasteiger partial charge in [-0.15, -0.1) is 0 Å². The first-order valence-corrected chi connectivity index (χ1v) is 11.0. The maximum atomic E-state index is 12.9. The van der Waals surface area contributed by atoms with Crippen LogP contribution >= 0.6 is 0 Å². The topological polar surface area (TPSA) is 152 Å². The molecule has 11 nitrogen and oxygen atoms in total. The molecule has 11 heteroatoms. The molecule has 182 valence electrons. The van der Waals surface area contributed by atoms with Gasteiger partial charge in [-0.3, -0.25) is 14.8 Å². The fraction of sp³-hybridized carbons (Fsp3) is 0.435. The van der Waals surface area contributed by atoms with Crippen molar-refractivity contribution in [2.75, 3.05) is 11.9 Å². The van der Waals surface area contributed by atoms with Crippen LogP contribution in [0.5, 0.6) is 0 Å². The normalized spacial score (nSPS) is 14.0. The molecule has 0 aromatic carbocycles. The number of ether oxygens (including phenoxy) is 1. The minimum Gasteiger partial charge on any atom is -0.444 e. The van der Waals surface area contributed by atoms with E-state index in [-0.39, 0.29) is 17.8 Å². The maximum Gasteiger partial charge on any atom is 0.410 e. The van der Waals surface area contributed by atoms with E-state index < -0.39 is 11.5 Å². The van der Waals surface area contributed by atoms with Crippen molar-refractivity contribution in [2.24, 2.45) is 16.8 Å². The van der Waals surface area contributed by atoms with Gasteiger partial charge in [-0.05, 0) is 70.4 Å². The summed E-state index contributed by atoms with van der Waals surface area (Å²) in [6.45, 7) is 10.1. The molecular weight excluding hydrogens is 436 g/mol. The Kier molecular flexibility index (Phi) is 7.35. The number of nitrogens with two attached hydrogens (primary N) is 2. The molecule has 0 aliphatic carbocycles. The Balaban J connectivity index is 1.75. The number of hydrogen-bond acceptors (Lipinski definition) is 8. The number of aromatic nitrogens is 2. The van der Waals surface area contributed by atoms with Gasteiger partial charge in [0.05, 0.1) is 0 Å². The van der Waals surface area contributed by atoms with Gasteiger partial charge < -0.3 is 20.8 Å². The molecule has 2 amide bonds. The van der Waals surface area contributed by atoms with Crippen LogP contribution in [-0.2, 0) is 17.7 Å². The van der Waals surface area contributed by atoms with Crippen LogP contribution in [0.25, 0.3) is 0 Å². The minimum atomic E-state index is -0.577. The van der Waals surface area contributed by atoms with Crippen molar-refractivity contribution in [3.63, 3.8) is 0 Å². The molecular formula is C23H32N8O3. The number of fused-ring (bicyclic) bond motifs is 1. The van der Waals surface area contributed by atoms with Crippen LogP contribution in [0.2, 0.25) is 0 Å². The van der Waals surface area contributed by atoms with E-state index in [0.29, 0.717) is 36.9 Å². The SMILES string of the molecule is CC(C)N(N)/C(=N\N)c1cccc(NC(=O)c2cc3c(cn2)CCN(C(=O)OC(C)(C)C)C3)n1. The Bertz CT molecular complexity index is 1090. The van der Waals surface area contributed by atoms with Crippen LogP contribution in [0, 0.1) is 0 Å². The monoisotopic (exact) mass is 468 g/mol. The number of anilines is 1. The molecule has 0 saturated heterocycles. The lowest BCUT2D eigenvalue weighted by Crippen LogP contribution is -2.44. The van der Waals surface area contributed by atoms with Crippen LogP contribution in [-0.4, -0.2) is 55.9 Å². The molecule has 0 saturated carbocycles. The molecule has 2 aromatic heterocycles. The Morgan fingerprint density at radius 2 is 1.97 bits per heavy atom. The zero-order chi connectivity index (χ0) is 25.0. The summed E-state index contributed by atoms with van der Waals surface area (Å²) >= 11 is 0. The summed E-state index contributed by atoms with van der Waals surface area (Å²) in [5.41, 5.74) is 1.91. The lowest BCUT2D eigenvalue weighted by molar-refractivity contribution is 0.0224. The van der Waals surface area contributed by atoms with E-state index in [1.165, 1.54) is 5.01 Å². The van der Waals surface area contributed by atoms with E-state index in [2.05, 4.69) is 20.4 Å². The number of pyridine rings is 2. The van der Waals surface area contributed by atoms with Gasteiger partial charge in [-0.1, -0.05) is 6.07 Å². The summed E-state index contributed by atoms with van der Waals surface area (Å²) in [4.78, 5) is 35.7. The van der Waals surface area contributed by atoms with Gasteiger partial charge in [0.15, 0.2) is 5.84 Å². The number of nitrogens with one attached hydrogen (secondary N) is 1. The summed E-state index contributed by atoms with van der Waals surface area (Å²) in [7, 11) is 0. The van der Waals surface area contributed by atoms with E-state index in [1.54, 1.807) is 35.4 Å². The fourth-order valence-electron chi connectivity index (χ4n) is 3.36. The van der Waals surface area contributed by atoms with Crippen molar-refractivity contribution in [3.8, 4) is 0 Å². The van der Waals surface area contributed by atoms with Crippen molar-refractivity contribution < 1.29 is 14.3 Å². The molecule has 5 N–H and O–H groups in total. The highest BCUT2D eigenvalue weighted by atomic mass is 16.6. The second kappa shape index (κ2) is 10.0. The predicted octanol–water partition coefficient (Wildman–Crippen LogP) is 2.23. The Hall–Kier alpha value is -3.73. The van der Waals surface area contributed by atoms with Crippen LogP contribution in [0.1, 0.15) is 61.9 Å². The highest BCUT2D eigenvalue weighted by Gasteiger charge is 2.26. The highest BCUT2D eigenvalue weighted by Crippen LogP contribution is 2.22. The number of nitrogens with zero attached hydrogens (tertiary/aromatic N) is 5. The summed E-state index contributed by atoms with van der Waals surface area (Å²) in [5.74, 6) is 11.7. The van der Waals surface area contributed by atoms with Gasteiger partial charge in [-0.2, -0.15) is 5.10 Å². The molecule has 0 fully saturated rings. The van der Waals surface area contributed by atoms with E-state index >= 15 is 0 Å². The smallest absolute Gasteiger partial charge is 0.410 e. The largest absolute Gasteiger partial charge is 0.444 e. The molecule has 1 aliphatic heterocycles. The Morgan fingerprint density at radius 1 is 1.24 bits per heavy atom. The third-order valence-electron chi connectivity index (χ3n) is 5.12. The second-order valence-corrected chi connectivity index (χ2v) is 9.31. The Labute approximate surface area is 199 Å². The summed E-state index contributed by atoms with van der Waals surface area (Å²) in [6, 6.07) is 6.71. The number of hydrazine groups is 1. The van der Waals surface area contributed by atoms with E-state index in [1.807, 2.05) is 34.6 Å². The van der Waals surface area contributed by atoms with Crippen molar-refractivity contribution in [1.29, 1.82) is 0 Å². The molecule has 0 radical (unpaired) electrons. The molecule has 0 unspecified atom stereocenters. The maximum absolute atomic E-state index is 12.9. The number of carbonyl (C=O) groups is 2. The number of hydrazone groups is 1. The number of amidine groups is 1. The standard InChI is InChI=1S/C23H32N8O3/c1-14(2)31(25)20(29-24)17-7-6-8-19(27-17)28-21(32)18-11-16-13-30(10-9-15(16)12-26-18)22(33)34-23(3,4)5/h6-8,11-12,14H,9-10,13,24-25H2,1-5H3,(H,27,28,32)/b29-20-. The summed E-state index contributed by atoms with van der Waals surface area (Å²) < 4.78 is 5.47. The average Bonchev–Trinajstić information content (AvgIpc) is 2.77. The molecule has 3 rings (SSSR count). The first-order chi connectivity index (χ1) is 16.0. The first kappa shape index (κ1) is 24.9. The molecule has 3 heterocycles. The molecule has 34 heavy (non-hydrogen) atoms. The van der Waals surface area contributed by atoms with Crippen molar-refractivity contribution in [3.05, 3.63) is 53.0 Å². The third kappa shape index (κ3) is 5.98. The van der Waals surface area contributed by atoms with E-state index in [4.69, 9.17) is 16.4 Å². The predicted molar refractivity (Wildman–Crippen MR) is 129 cm³/mol. The number of amides is 2. The average molecular weight is 469 g/mol. The quantitative estimate of drug-likeness (QED) is 0.267. The number of carbonyl (C=O) groups excluding carboxylic acids is 2. The third-order valence-corrected chi connectivity index (χ3v) is 5.12. The van der Waals surface area contributed by atoms with Gasteiger partial charge in [0, 0.05) is 25.3 Å². The van der Waals surface area contributed by atoms with Crippen LogP contribution in [0.3, 0.4) is 0 Å². The van der Waals surface area contributed by atoms with Gasteiger partial charge in [0.2, 0.25) is 0 Å². The molecule has 0 spiro atoms. The molecule has 1 aliphatic rings. The van der Waals surface area contributed by atoms with Crippen LogP contribution in [0.15, 0.2) is 35.6 Å². The van der Waals surface area contributed by atoms with Crippen LogP contribution < -0.4 is 17.0 Å². The van der Waals surface area contributed by atoms with Gasteiger partial charge >= 0.3 is 6.09 Å². The highest BCUT2D eigenvalue weighted by molar-refractivity contribution is 6.03. The zero-order valence-corrected chi connectivity index (χ0v) is 20.2. The molecule has 0 atom stereocenters. The van der Waals surface area contributed by atoms with E-state index in [9.17, 15) is 9.59 Å².